The number of hydrogen-bond donors (Lipinski definition) is 1. The van der Waals surface area contributed by atoms with E-state index in [4.69, 9.17) is 0 Å². The molecule has 1 aromatic heterocycles. The molecule has 1 aromatic carbocycles. The van der Waals surface area contributed by atoms with E-state index in [0.29, 0.717) is 0 Å². The number of aromatic nitrogens is 1. The quantitative estimate of drug-likeness (QED) is 0.620. The second-order valence-corrected chi connectivity index (χ2v) is 5.97. The fourth-order valence-electron chi connectivity index (χ4n) is 2.19. The van der Waals surface area contributed by atoms with Gasteiger partial charge in [-0.3, -0.25) is 0 Å². The maximum Gasteiger partial charge on any atom is 0.0481 e. The zero-order chi connectivity index (χ0) is 14.5. The molecule has 3 heteroatoms. The number of benzene rings is 1. The Balaban J connectivity index is 2.10. The van der Waals surface area contributed by atoms with Crippen molar-refractivity contribution >= 4 is 17.4 Å². The molecular weight excluding hydrogens is 264 g/mol. The largest absolute Gasteiger partial charge is 0.380 e. The van der Waals surface area contributed by atoms with E-state index < -0.39 is 0 Å². The van der Waals surface area contributed by atoms with Crippen LogP contribution >= 0.6 is 11.8 Å². The van der Waals surface area contributed by atoms with Gasteiger partial charge in [0.1, 0.15) is 0 Å². The van der Waals surface area contributed by atoms with Gasteiger partial charge >= 0.3 is 0 Å². The second kappa shape index (κ2) is 6.71. The summed E-state index contributed by atoms with van der Waals surface area (Å²) in [6, 6.07) is 10.7. The maximum atomic E-state index is 3.78. The van der Waals surface area contributed by atoms with Crippen molar-refractivity contribution < 1.29 is 0 Å². The van der Waals surface area contributed by atoms with Crippen molar-refractivity contribution in [2.24, 2.45) is 7.05 Å². The zero-order valence-corrected chi connectivity index (χ0v) is 13.3. The monoisotopic (exact) mass is 286 g/mol. The van der Waals surface area contributed by atoms with Gasteiger partial charge in [-0.05, 0) is 37.6 Å². The van der Waals surface area contributed by atoms with Crippen LogP contribution in [0.3, 0.4) is 0 Å². The van der Waals surface area contributed by atoms with Crippen LogP contribution in [0.2, 0.25) is 0 Å². The summed E-state index contributed by atoms with van der Waals surface area (Å²) in [5, 5.41) is 3.55. The van der Waals surface area contributed by atoms with Crippen LogP contribution in [-0.2, 0) is 13.6 Å². The van der Waals surface area contributed by atoms with Crippen molar-refractivity contribution in [3.05, 3.63) is 59.9 Å². The molecule has 0 unspecified atom stereocenters. The van der Waals surface area contributed by atoms with Crippen LogP contribution in [0.1, 0.15) is 17.0 Å². The first-order chi connectivity index (χ1) is 9.63. The average Bonchev–Trinajstić information content (AvgIpc) is 2.71. The molecule has 2 rings (SSSR count). The summed E-state index contributed by atoms with van der Waals surface area (Å²) in [5.41, 5.74) is 5.17. The molecule has 0 aliphatic carbocycles. The highest BCUT2D eigenvalue weighted by atomic mass is 32.2. The van der Waals surface area contributed by atoms with E-state index >= 15 is 0 Å². The Labute approximate surface area is 125 Å². The van der Waals surface area contributed by atoms with Crippen molar-refractivity contribution in [3.63, 3.8) is 0 Å². The van der Waals surface area contributed by atoms with Gasteiger partial charge in [-0.2, -0.15) is 0 Å². The number of nitrogens with zero attached hydrogens (tertiary/aromatic N) is 1. The minimum absolute atomic E-state index is 0.860. The number of anilines is 1. The molecule has 0 aliphatic rings. The Morgan fingerprint density at radius 1 is 1.30 bits per heavy atom. The first-order valence-electron chi connectivity index (χ1n) is 6.82. The highest BCUT2D eigenvalue weighted by Crippen LogP contribution is 2.27. The Morgan fingerprint density at radius 2 is 2.05 bits per heavy atom. The molecule has 106 valence electrons. The lowest BCUT2D eigenvalue weighted by Gasteiger charge is -2.11. The summed E-state index contributed by atoms with van der Waals surface area (Å²) in [6.07, 6.45) is 1.94. The van der Waals surface area contributed by atoms with Gasteiger partial charge in [0.25, 0.3) is 0 Å². The number of hydrogen-bond acceptors (Lipinski definition) is 2. The molecule has 0 bridgehead atoms. The summed E-state index contributed by atoms with van der Waals surface area (Å²) in [7, 11) is 2.11. The molecule has 0 saturated heterocycles. The van der Waals surface area contributed by atoms with E-state index in [9.17, 15) is 0 Å². The van der Waals surface area contributed by atoms with Crippen LogP contribution in [0.15, 0.2) is 47.9 Å². The molecule has 1 heterocycles. The van der Waals surface area contributed by atoms with E-state index in [0.717, 1.165) is 12.3 Å². The highest BCUT2D eigenvalue weighted by Gasteiger charge is 2.07. The second-order valence-electron chi connectivity index (χ2n) is 4.90. The van der Waals surface area contributed by atoms with Crippen molar-refractivity contribution in [1.82, 2.24) is 4.57 Å². The Kier molecular flexibility index (Phi) is 4.96. The van der Waals surface area contributed by atoms with E-state index in [1.165, 1.54) is 27.5 Å². The van der Waals surface area contributed by atoms with Gasteiger partial charge in [-0.25, -0.2) is 0 Å². The number of para-hydroxylation sites is 1. The van der Waals surface area contributed by atoms with Gasteiger partial charge in [-0.15, -0.1) is 18.3 Å². The number of nitrogens with one attached hydrogen (secondary N) is 1. The summed E-state index contributed by atoms with van der Waals surface area (Å²) >= 11 is 1.81. The number of rotatable bonds is 6. The molecule has 20 heavy (non-hydrogen) atoms. The molecule has 0 fully saturated rings. The molecule has 0 aliphatic heterocycles. The molecule has 2 aromatic rings. The minimum Gasteiger partial charge on any atom is -0.380 e. The molecule has 1 N–H and O–H groups in total. The van der Waals surface area contributed by atoms with Crippen LogP contribution in [0.4, 0.5) is 5.69 Å². The maximum absolute atomic E-state index is 3.78. The lowest BCUT2D eigenvalue weighted by atomic mass is 10.2. The first kappa shape index (κ1) is 14.8. The topological polar surface area (TPSA) is 17.0 Å². The molecule has 0 spiro atoms. The number of thioether (sulfide) groups is 1. The third-order valence-corrected chi connectivity index (χ3v) is 4.66. The third-order valence-electron chi connectivity index (χ3n) is 3.59. The van der Waals surface area contributed by atoms with Crippen molar-refractivity contribution in [3.8, 4) is 0 Å². The van der Waals surface area contributed by atoms with Gasteiger partial charge in [-0.1, -0.05) is 18.2 Å². The predicted octanol–water partition coefficient (Wildman–Crippen LogP) is 4.53. The fourth-order valence-corrected chi connectivity index (χ4v) is 2.96. The molecular formula is C17H22N2S. The van der Waals surface area contributed by atoms with Crippen LogP contribution in [0.25, 0.3) is 0 Å². The first-order valence-corrected chi connectivity index (χ1v) is 7.80. The van der Waals surface area contributed by atoms with Crippen LogP contribution in [0, 0.1) is 13.8 Å². The molecule has 0 amide bonds. The average molecular weight is 286 g/mol. The summed E-state index contributed by atoms with van der Waals surface area (Å²) in [5.74, 6) is 0.933. The predicted molar refractivity (Wildman–Crippen MR) is 89.6 cm³/mol. The Bertz CT molecular complexity index is 599. The highest BCUT2D eigenvalue weighted by molar-refractivity contribution is 7.99. The molecule has 0 saturated carbocycles. The molecule has 0 atom stereocenters. The SMILES string of the molecule is C=CCSc1ccccc1NCc1cc(C)n(C)c1C. The third kappa shape index (κ3) is 3.28. The smallest absolute Gasteiger partial charge is 0.0481 e. The van der Waals surface area contributed by atoms with E-state index in [1.54, 1.807) is 0 Å². The normalized spacial score (nSPS) is 10.6. The van der Waals surface area contributed by atoms with Gasteiger partial charge in [0, 0.05) is 41.3 Å². The van der Waals surface area contributed by atoms with Crippen molar-refractivity contribution in [2.45, 2.75) is 25.3 Å². The van der Waals surface area contributed by atoms with Crippen molar-refractivity contribution in [1.29, 1.82) is 0 Å². The minimum atomic E-state index is 0.860. The van der Waals surface area contributed by atoms with Gasteiger partial charge in [0.15, 0.2) is 0 Å². The fraction of sp³-hybridized carbons (Fsp3) is 0.294. The summed E-state index contributed by atoms with van der Waals surface area (Å²) < 4.78 is 2.23. The standard InChI is InChI=1S/C17H22N2S/c1-5-10-20-17-9-7-6-8-16(17)18-12-15-11-13(2)19(4)14(15)3/h5-9,11,18H,1,10,12H2,2-4H3. The van der Waals surface area contributed by atoms with Gasteiger partial charge < -0.3 is 9.88 Å². The van der Waals surface area contributed by atoms with Crippen molar-refractivity contribution in [2.75, 3.05) is 11.1 Å². The summed E-state index contributed by atoms with van der Waals surface area (Å²) in [4.78, 5) is 1.28. The summed E-state index contributed by atoms with van der Waals surface area (Å²) in [6.45, 7) is 8.95. The van der Waals surface area contributed by atoms with Crippen LogP contribution < -0.4 is 5.32 Å². The van der Waals surface area contributed by atoms with E-state index in [2.05, 4.69) is 67.7 Å². The van der Waals surface area contributed by atoms with Gasteiger partial charge in [0.05, 0.1) is 0 Å². The molecule has 0 radical (unpaired) electrons. The zero-order valence-electron chi connectivity index (χ0n) is 12.4. The molecule has 2 nitrogen and oxygen atoms in total. The van der Waals surface area contributed by atoms with Gasteiger partial charge in [0.2, 0.25) is 0 Å². The Hall–Kier alpha value is -1.61. The van der Waals surface area contributed by atoms with Crippen LogP contribution in [-0.4, -0.2) is 10.3 Å². The van der Waals surface area contributed by atoms with Crippen LogP contribution in [0.5, 0.6) is 0 Å². The van der Waals surface area contributed by atoms with E-state index in [1.807, 2.05) is 17.8 Å². The Morgan fingerprint density at radius 3 is 2.70 bits per heavy atom. The lowest BCUT2D eigenvalue weighted by molar-refractivity contribution is 0.836. The van der Waals surface area contributed by atoms with E-state index in [-0.39, 0.29) is 0 Å². The lowest BCUT2D eigenvalue weighted by Crippen LogP contribution is -2.02. The number of aryl methyl sites for hydroxylation is 1.